The number of aliphatic hydroxyl groups is 1. The van der Waals surface area contributed by atoms with Crippen molar-refractivity contribution in [2.45, 2.75) is 66.0 Å². The highest BCUT2D eigenvalue weighted by molar-refractivity contribution is 5.92. The first-order chi connectivity index (χ1) is 9.62. The zero-order chi connectivity index (χ0) is 16.3. The predicted octanol–water partition coefficient (Wildman–Crippen LogP) is 3.01. The molecule has 0 radical (unpaired) electrons. The summed E-state index contributed by atoms with van der Waals surface area (Å²) in [5, 5.41) is 11.0. The molecular formula is C17H28O4. The van der Waals surface area contributed by atoms with Crippen LogP contribution in [-0.2, 0) is 14.3 Å². The van der Waals surface area contributed by atoms with E-state index in [1.165, 1.54) is 6.08 Å². The number of allylic oxidation sites excluding steroid dienone is 1. The Morgan fingerprint density at radius 2 is 2.05 bits per heavy atom. The van der Waals surface area contributed by atoms with Gasteiger partial charge < -0.3 is 14.6 Å². The SMILES string of the molecule is CCOC(C)OC(C)/C=C/C1(O)C(C)=CC(=O)CC1(C)C. The van der Waals surface area contributed by atoms with Crippen LogP contribution in [-0.4, -0.2) is 35.5 Å². The van der Waals surface area contributed by atoms with E-state index in [2.05, 4.69) is 0 Å². The van der Waals surface area contributed by atoms with Crippen LogP contribution in [0.25, 0.3) is 0 Å². The number of hydrogen-bond donors (Lipinski definition) is 1. The summed E-state index contributed by atoms with van der Waals surface area (Å²) in [6.45, 7) is 11.8. The highest BCUT2D eigenvalue weighted by Crippen LogP contribution is 2.44. The van der Waals surface area contributed by atoms with Crippen LogP contribution in [0.2, 0.25) is 0 Å². The summed E-state index contributed by atoms with van der Waals surface area (Å²) in [5.41, 5.74) is -0.997. The summed E-state index contributed by atoms with van der Waals surface area (Å²) >= 11 is 0. The minimum atomic E-state index is -1.13. The van der Waals surface area contributed by atoms with Crippen molar-refractivity contribution in [3.05, 3.63) is 23.8 Å². The normalized spacial score (nSPS) is 28.5. The molecule has 3 atom stereocenters. The molecule has 0 aromatic heterocycles. The quantitative estimate of drug-likeness (QED) is 0.604. The van der Waals surface area contributed by atoms with Crippen LogP contribution < -0.4 is 0 Å². The molecule has 1 N–H and O–H groups in total. The second kappa shape index (κ2) is 6.86. The number of rotatable bonds is 6. The lowest BCUT2D eigenvalue weighted by Crippen LogP contribution is -2.48. The summed E-state index contributed by atoms with van der Waals surface area (Å²) < 4.78 is 11.0. The fourth-order valence-corrected chi connectivity index (χ4v) is 2.76. The third kappa shape index (κ3) is 4.25. The van der Waals surface area contributed by atoms with Crippen LogP contribution >= 0.6 is 0 Å². The fraction of sp³-hybridized carbons (Fsp3) is 0.706. The molecular weight excluding hydrogens is 268 g/mol. The maximum atomic E-state index is 11.7. The zero-order valence-corrected chi connectivity index (χ0v) is 14.0. The van der Waals surface area contributed by atoms with Crippen molar-refractivity contribution in [1.82, 2.24) is 0 Å². The van der Waals surface area contributed by atoms with Crippen molar-refractivity contribution in [1.29, 1.82) is 0 Å². The molecule has 1 rings (SSSR count). The Morgan fingerprint density at radius 1 is 1.43 bits per heavy atom. The molecule has 1 aliphatic rings. The summed E-state index contributed by atoms with van der Waals surface area (Å²) in [6.07, 6.45) is 4.96. The Morgan fingerprint density at radius 3 is 2.57 bits per heavy atom. The Bertz CT molecular complexity index is 436. The van der Waals surface area contributed by atoms with Gasteiger partial charge in [0.25, 0.3) is 0 Å². The molecule has 0 saturated carbocycles. The van der Waals surface area contributed by atoms with E-state index >= 15 is 0 Å². The highest BCUT2D eigenvalue weighted by Gasteiger charge is 2.46. The van der Waals surface area contributed by atoms with Crippen LogP contribution in [0, 0.1) is 5.41 Å². The number of ether oxygens (including phenoxy) is 2. The molecule has 120 valence electrons. The molecule has 0 spiro atoms. The third-order valence-corrected chi connectivity index (χ3v) is 4.04. The predicted molar refractivity (Wildman–Crippen MR) is 82.9 cm³/mol. The molecule has 0 amide bonds. The number of ketones is 1. The van der Waals surface area contributed by atoms with E-state index in [0.717, 1.165) is 0 Å². The van der Waals surface area contributed by atoms with Crippen LogP contribution in [0.3, 0.4) is 0 Å². The van der Waals surface area contributed by atoms with Gasteiger partial charge in [-0.2, -0.15) is 0 Å². The monoisotopic (exact) mass is 296 g/mol. The average Bonchev–Trinajstić information content (AvgIpc) is 2.33. The van der Waals surface area contributed by atoms with Gasteiger partial charge in [0.05, 0.1) is 6.10 Å². The summed E-state index contributed by atoms with van der Waals surface area (Å²) in [6, 6.07) is 0. The Hall–Kier alpha value is -0.970. The maximum absolute atomic E-state index is 11.7. The van der Waals surface area contributed by atoms with Gasteiger partial charge in [0, 0.05) is 18.4 Å². The minimum Gasteiger partial charge on any atom is -0.381 e. The second-order valence-corrected chi connectivity index (χ2v) is 6.34. The lowest BCUT2D eigenvalue weighted by molar-refractivity contribution is -0.142. The van der Waals surface area contributed by atoms with Crippen LogP contribution in [0.4, 0.5) is 0 Å². The Kier molecular flexibility index (Phi) is 5.91. The number of carbonyl (C=O) groups is 1. The number of hydrogen-bond acceptors (Lipinski definition) is 4. The van der Waals surface area contributed by atoms with E-state index in [1.54, 1.807) is 13.0 Å². The maximum Gasteiger partial charge on any atom is 0.156 e. The summed E-state index contributed by atoms with van der Waals surface area (Å²) in [7, 11) is 0. The molecule has 4 heteroatoms. The first kappa shape index (κ1) is 18.1. The van der Waals surface area contributed by atoms with Crippen molar-refractivity contribution in [2.24, 2.45) is 5.41 Å². The van der Waals surface area contributed by atoms with Crippen molar-refractivity contribution in [3.63, 3.8) is 0 Å². The first-order valence-corrected chi connectivity index (χ1v) is 7.53. The average molecular weight is 296 g/mol. The summed E-state index contributed by atoms with van der Waals surface area (Å²) in [5.74, 6) is 0.0600. The van der Waals surface area contributed by atoms with Crippen LogP contribution in [0.1, 0.15) is 48.0 Å². The molecule has 3 unspecified atom stereocenters. The van der Waals surface area contributed by atoms with Gasteiger partial charge in [-0.15, -0.1) is 0 Å². The van der Waals surface area contributed by atoms with Crippen LogP contribution in [0.15, 0.2) is 23.8 Å². The molecule has 4 nitrogen and oxygen atoms in total. The molecule has 21 heavy (non-hydrogen) atoms. The van der Waals surface area contributed by atoms with Gasteiger partial charge in [-0.1, -0.05) is 19.9 Å². The van der Waals surface area contributed by atoms with Gasteiger partial charge in [-0.05, 0) is 45.4 Å². The molecule has 0 aromatic carbocycles. The van der Waals surface area contributed by atoms with Crippen molar-refractivity contribution < 1.29 is 19.4 Å². The minimum absolute atomic E-state index is 0.0600. The van der Waals surface area contributed by atoms with Gasteiger partial charge in [-0.3, -0.25) is 4.79 Å². The van der Waals surface area contributed by atoms with Crippen molar-refractivity contribution in [2.75, 3.05) is 6.61 Å². The smallest absolute Gasteiger partial charge is 0.156 e. The fourth-order valence-electron chi connectivity index (χ4n) is 2.76. The molecule has 0 aromatic rings. The van der Waals surface area contributed by atoms with E-state index < -0.39 is 11.0 Å². The van der Waals surface area contributed by atoms with E-state index in [0.29, 0.717) is 18.6 Å². The van der Waals surface area contributed by atoms with Gasteiger partial charge in [0.1, 0.15) is 5.60 Å². The molecule has 0 heterocycles. The largest absolute Gasteiger partial charge is 0.381 e. The topological polar surface area (TPSA) is 55.8 Å². The second-order valence-electron chi connectivity index (χ2n) is 6.34. The van der Waals surface area contributed by atoms with Gasteiger partial charge in [0.2, 0.25) is 0 Å². The lowest BCUT2D eigenvalue weighted by atomic mass is 9.64. The molecule has 0 fully saturated rings. The zero-order valence-electron chi connectivity index (χ0n) is 14.0. The molecule has 1 aliphatic carbocycles. The standard InChI is InChI=1S/C17H28O4/c1-7-20-14(4)21-13(3)8-9-17(19)12(2)10-15(18)11-16(17,5)6/h8-10,13-14,19H,7,11H2,1-6H3/b9-8+. The van der Waals surface area contributed by atoms with Crippen LogP contribution in [0.5, 0.6) is 0 Å². The summed E-state index contributed by atoms with van der Waals surface area (Å²) in [4.78, 5) is 11.7. The van der Waals surface area contributed by atoms with E-state index in [1.807, 2.05) is 40.7 Å². The van der Waals surface area contributed by atoms with Crippen molar-refractivity contribution in [3.8, 4) is 0 Å². The third-order valence-electron chi connectivity index (χ3n) is 4.04. The lowest BCUT2D eigenvalue weighted by Gasteiger charge is -2.44. The first-order valence-electron chi connectivity index (χ1n) is 7.53. The Balaban J connectivity index is 2.85. The van der Waals surface area contributed by atoms with Gasteiger partial charge in [0.15, 0.2) is 12.1 Å². The Labute approximate surface area is 127 Å². The molecule has 0 saturated heterocycles. The number of carbonyl (C=O) groups excluding carboxylic acids is 1. The van der Waals surface area contributed by atoms with E-state index in [4.69, 9.17) is 9.47 Å². The van der Waals surface area contributed by atoms with E-state index in [9.17, 15) is 9.90 Å². The molecule has 0 bridgehead atoms. The van der Waals surface area contributed by atoms with Crippen molar-refractivity contribution >= 4 is 5.78 Å². The van der Waals surface area contributed by atoms with Gasteiger partial charge >= 0.3 is 0 Å². The van der Waals surface area contributed by atoms with E-state index in [-0.39, 0.29) is 18.2 Å². The van der Waals surface area contributed by atoms with Gasteiger partial charge in [-0.25, -0.2) is 0 Å². The molecule has 0 aliphatic heterocycles. The highest BCUT2D eigenvalue weighted by atomic mass is 16.7.